The average Bonchev–Trinajstić information content (AvgIpc) is 2.39. The Hall–Kier alpha value is -0.703. The summed E-state index contributed by atoms with van der Waals surface area (Å²) in [6.07, 6.45) is 0. The molecule has 1 heterocycles. The fraction of sp³-hybridized carbons (Fsp3) is 0.143. The minimum atomic E-state index is -1.71. The molecule has 0 atom stereocenters. The number of alkyl halides is 1. The van der Waals surface area contributed by atoms with Gasteiger partial charge in [-0.2, -0.15) is 0 Å². The van der Waals surface area contributed by atoms with Crippen molar-refractivity contribution in [2.45, 2.75) is 16.3 Å². The van der Waals surface area contributed by atoms with Crippen molar-refractivity contribution in [3.05, 3.63) is 48.5 Å². The standard InChI is InChI=1S/C14H13ClSSi/c1-17(10-15)13-8-4-2-6-11(13)16-12-7-3-5-9-14(12)17/h2-9H,10H2,1H3. The van der Waals surface area contributed by atoms with Crippen molar-refractivity contribution >= 4 is 41.8 Å². The molecule has 2 aromatic rings. The van der Waals surface area contributed by atoms with E-state index in [1.165, 1.54) is 20.2 Å². The van der Waals surface area contributed by atoms with E-state index >= 15 is 0 Å². The molecule has 0 unspecified atom stereocenters. The molecule has 0 saturated heterocycles. The van der Waals surface area contributed by atoms with E-state index in [9.17, 15) is 0 Å². The SMILES string of the molecule is C[Si]1(CCl)c2ccccc2Sc2ccccc21. The molecule has 3 heteroatoms. The van der Waals surface area contributed by atoms with Crippen molar-refractivity contribution in [2.75, 3.05) is 5.50 Å². The van der Waals surface area contributed by atoms with Gasteiger partial charge in [-0.05, 0) is 22.5 Å². The second kappa shape index (κ2) is 4.20. The van der Waals surface area contributed by atoms with Gasteiger partial charge in [0.2, 0.25) is 0 Å². The third kappa shape index (κ3) is 1.67. The number of hydrogen-bond donors (Lipinski definition) is 0. The van der Waals surface area contributed by atoms with Crippen LogP contribution in [0, 0.1) is 0 Å². The Kier molecular flexibility index (Phi) is 2.81. The topological polar surface area (TPSA) is 0 Å². The molecule has 0 amide bonds. The van der Waals surface area contributed by atoms with E-state index in [1.54, 1.807) is 0 Å². The van der Waals surface area contributed by atoms with Crippen molar-refractivity contribution < 1.29 is 0 Å². The molecule has 86 valence electrons. The van der Waals surface area contributed by atoms with Crippen LogP contribution >= 0.6 is 23.4 Å². The van der Waals surface area contributed by atoms with Crippen LogP contribution in [0.2, 0.25) is 6.55 Å². The fourth-order valence-corrected chi connectivity index (χ4v) is 8.60. The second-order valence-corrected chi connectivity index (χ2v) is 10.5. The van der Waals surface area contributed by atoms with Crippen LogP contribution in [0.5, 0.6) is 0 Å². The molecule has 0 aliphatic carbocycles. The van der Waals surface area contributed by atoms with Gasteiger partial charge < -0.3 is 0 Å². The summed E-state index contributed by atoms with van der Waals surface area (Å²) < 4.78 is 0. The fourth-order valence-electron chi connectivity index (χ4n) is 2.43. The molecule has 2 aromatic carbocycles. The zero-order valence-corrected chi connectivity index (χ0v) is 12.2. The van der Waals surface area contributed by atoms with Crippen molar-refractivity contribution in [1.29, 1.82) is 0 Å². The Morgan fingerprint density at radius 3 is 1.88 bits per heavy atom. The molecule has 1 aliphatic heterocycles. The number of benzene rings is 2. The van der Waals surface area contributed by atoms with Gasteiger partial charge >= 0.3 is 0 Å². The Bertz CT molecular complexity index is 522. The van der Waals surface area contributed by atoms with E-state index in [4.69, 9.17) is 11.6 Å². The predicted octanol–water partition coefficient (Wildman–Crippen LogP) is 3.12. The summed E-state index contributed by atoms with van der Waals surface area (Å²) in [7, 11) is -1.71. The first-order chi connectivity index (χ1) is 8.25. The van der Waals surface area contributed by atoms with Gasteiger partial charge in [-0.25, -0.2) is 0 Å². The monoisotopic (exact) mass is 276 g/mol. The molecule has 1 aliphatic rings. The predicted molar refractivity (Wildman–Crippen MR) is 78.6 cm³/mol. The molecule has 0 radical (unpaired) electrons. The minimum absolute atomic E-state index is 0.752. The molecule has 0 bridgehead atoms. The summed E-state index contributed by atoms with van der Waals surface area (Å²) >= 11 is 8.21. The number of rotatable bonds is 1. The highest BCUT2D eigenvalue weighted by atomic mass is 35.5. The van der Waals surface area contributed by atoms with Crippen LogP contribution < -0.4 is 10.4 Å². The highest BCUT2D eigenvalue weighted by Crippen LogP contribution is 2.32. The Labute approximate surface area is 112 Å². The lowest BCUT2D eigenvalue weighted by Gasteiger charge is -2.34. The van der Waals surface area contributed by atoms with E-state index in [-0.39, 0.29) is 0 Å². The van der Waals surface area contributed by atoms with E-state index < -0.39 is 8.07 Å². The van der Waals surface area contributed by atoms with Gasteiger partial charge in [-0.3, -0.25) is 0 Å². The summed E-state index contributed by atoms with van der Waals surface area (Å²) in [5.41, 5.74) is 0.752. The van der Waals surface area contributed by atoms with Crippen LogP contribution in [0.3, 0.4) is 0 Å². The van der Waals surface area contributed by atoms with Crippen LogP contribution in [-0.4, -0.2) is 13.6 Å². The second-order valence-electron chi connectivity index (χ2n) is 4.56. The Balaban J connectivity index is 2.28. The van der Waals surface area contributed by atoms with Crippen molar-refractivity contribution in [2.24, 2.45) is 0 Å². The van der Waals surface area contributed by atoms with Crippen LogP contribution in [-0.2, 0) is 0 Å². The van der Waals surface area contributed by atoms with E-state index in [0.29, 0.717) is 0 Å². The van der Waals surface area contributed by atoms with Crippen LogP contribution in [0.1, 0.15) is 0 Å². The first-order valence-electron chi connectivity index (χ1n) is 5.68. The minimum Gasteiger partial charge on any atom is -0.129 e. The molecule has 0 fully saturated rings. The maximum Gasteiger partial charge on any atom is 0.132 e. The lowest BCUT2D eigenvalue weighted by molar-refractivity contribution is 1.40. The molecule has 0 aromatic heterocycles. The Morgan fingerprint density at radius 1 is 0.941 bits per heavy atom. The first kappa shape index (κ1) is 11.4. The van der Waals surface area contributed by atoms with E-state index in [2.05, 4.69) is 55.1 Å². The molecule has 3 rings (SSSR count). The van der Waals surface area contributed by atoms with Crippen LogP contribution in [0.4, 0.5) is 0 Å². The van der Waals surface area contributed by atoms with Crippen molar-refractivity contribution in [1.82, 2.24) is 0 Å². The maximum absolute atomic E-state index is 6.33. The van der Waals surface area contributed by atoms with Gasteiger partial charge in [0.15, 0.2) is 0 Å². The zero-order chi connectivity index (χ0) is 11.9. The average molecular weight is 277 g/mol. The molecule has 17 heavy (non-hydrogen) atoms. The van der Waals surface area contributed by atoms with Gasteiger partial charge in [0.05, 0.1) is 0 Å². The third-order valence-corrected chi connectivity index (χ3v) is 10.4. The van der Waals surface area contributed by atoms with Crippen molar-refractivity contribution in [3.63, 3.8) is 0 Å². The summed E-state index contributed by atoms with van der Waals surface area (Å²) in [5.74, 6) is 0. The summed E-state index contributed by atoms with van der Waals surface area (Å²) in [5, 5.41) is 2.97. The molecule has 0 nitrogen and oxygen atoms in total. The Morgan fingerprint density at radius 2 is 1.41 bits per heavy atom. The maximum atomic E-state index is 6.33. The van der Waals surface area contributed by atoms with Crippen LogP contribution in [0.25, 0.3) is 0 Å². The smallest absolute Gasteiger partial charge is 0.129 e. The summed E-state index contributed by atoms with van der Waals surface area (Å²) in [4.78, 5) is 2.78. The molecular weight excluding hydrogens is 264 g/mol. The molecule has 0 spiro atoms. The van der Waals surface area contributed by atoms with E-state index in [1.807, 2.05) is 11.8 Å². The number of halogens is 1. The summed E-state index contributed by atoms with van der Waals surface area (Å²) in [6.45, 7) is 2.37. The van der Waals surface area contributed by atoms with Gasteiger partial charge in [-0.15, -0.1) is 11.6 Å². The van der Waals surface area contributed by atoms with Gasteiger partial charge in [-0.1, -0.05) is 54.7 Å². The van der Waals surface area contributed by atoms with Gasteiger partial charge in [0, 0.05) is 15.3 Å². The van der Waals surface area contributed by atoms with Gasteiger partial charge in [0.25, 0.3) is 0 Å². The molecule has 0 saturated carbocycles. The molecular formula is C14H13ClSSi. The summed E-state index contributed by atoms with van der Waals surface area (Å²) in [6, 6.07) is 17.4. The molecule has 0 N–H and O–H groups in total. The zero-order valence-electron chi connectivity index (χ0n) is 9.61. The number of hydrogen-bond acceptors (Lipinski definition) is 1. The van der Waals surface area contributed by atoms with Gasteiger partial charge in [0.1, 0.15) is 8.07 Å². The quantitative estimate of drug-likeness (QED) is 0.570. The van der Waals surface area contributed by atoms with E-state index in [0.717, 1.165) is 5.50 Å². The lowest BCUT2D eigenvalue weighted by atomic mass is 10.3. The largest absolute Gasteiger partial charge is 0.132 e. The van der Waals surface area contributed by atoms with Crippen LogP contribution in [0.15, 0.2) is 58.3 Å². The lowest BCUT2D eigenvalue weighted by Crippen LogP contribution is -2.60. The normalized spacial score (nSPS) is 16.1. The third-order valence-electron chi connectivity index (χ3n) is 3.45. The number of fused-ring (bicyclic) bond motifs is 2. The highest BCUT2D eigenvalue weighted by molar-refractivity contribution is 8.00. The highest BCUT2D eigenvalue weighted by Gasteiger charge is 2.38. The van der Waals surface area contributed by atoms with Crippen molar-refractivity contribution in [3.8, 4) is 0 Å². The first-order valence-corrected chi connectivity index (χ1v) is 9.74.